The zero-order chi connectivity index (χ0) is 13.8. The van der Waals surface area contributed by atoms with Crippen LogP contribution in [-0.2, 0) is 0 Å². The van der Waals surface area contributed by atoms with Crippen molar-refractivity contribution in [2.45, 2.75) is 0 Å². The fraction of sp³-hybridized carbons (Fsp3) is 0. The smallest absolute Gasteiger partial charge is 0.184 e. The summed E-state index contributed by atoms with van der Waals surface area (Å²) in [6.45, 7) is 0. The molecule has 98 valence electrons. The first-order valence-electron chi connectivity index (χ1n) is 6.08. The van der Waals surface area contributed by atoms with E-state index in [4.69, 9.17) is 0 Å². The summed E-state index contributed by atoms with van der Waals surface area (Å²) in [4.78, 5) is 0. The third kappa shape index (κ3) is 2.61. The van der Waals surface area contributed by atoms with Crippen molar-refractivity contribution in [1.29, 1.82) is 0 Å². The van der Waals surface area contributed by atoms with Gasteiger partial charge in [0.25, 0.3) is 0 Å². The monoisotopic (exact) mass is 266 g/mol. The van der Waals surface area contributed by atoms with Crippen LogP contribution in [-0.4, -0.2) is 21.1 Å². The second-order valence-electron chi connectivity index (χ2n) is 4.16. The Hall–Kier alpha value is -2.82. The van der Waals surface area contributed by atoms with Crippen LogP contribution in [0.1, 0.15) is 5.56 Å². The topological polar surface area (TPSA) is 43.1 Å². The van der Waals surface area contributed by atoms with Gasteiger partial charge in [0, 0.05) is 5.56 Å². The molecule has 0 unspecified atom stereocenters. The molecule has 0 N–H and O–H groups in total. The lowest BCUT2D eigenvalue weighted by Gasteiger charge is -2.00. The van der Waals surface area contributed by atoms with E-state index < -0.39 is 0 Å². The summed E-state index contributed by atoms with van der Waals surface area (Å²) in [5.74, 6) is 0.389. The molecule has 3 aromatic rings. The van der Waals surface area contributed by atoms with E-state index in [9.17, 15) is 4.39 Å². The largest absolute Gasteiger partial charge is 0.207 e. The summed E-state index contributed by atoms with van der Waals surface area (Å²) < 4.78 is 14.4. The molecule has 0 radical (unpaired) electrons. The summed E-state index contributed by atoms with van der Waals surface area (Å²) in [7, 11) is 0. The molecule has 0 bridgehead atoms. The molecule has 4 nitrogen and oxygen atoms in total. The molecule has 5 heteroatoms. The van der Waals surface area contributed by atoms with Crippen LogP contribution in [0.4, 0.5) is 4.39 Å². The maximum absolute atomic E-state index is 12.8. The summed E-state index contributed by atoms with van der Waals surface area (Å²) in [6, 6.07) is 15.8. The van der Waals surface area contributed by atoms with E-state index in [-0.39, 0.29) is 5.82 Å². The lowest BCUT2D eigenvalue weighted by atomic mass is 10.2. The van der Waals surface area contributed by atoms with Gasteiger partial charge in [-0.3, -0.25) is 0 Å². The molecule has 1 heterocycles. The van der Waals surface area contributed by atoms with Gasteiger partial charge < -0.3 is 0 Å². The highest BCUT2D eigenvalue weighted by Gasteiger charge is 2.04. The number of aromatic nitrogens is 3. The van der Waals surface area contributed by atoms with Crippen LogP contribution < -0.4 is 0 Å². The Labute approximate surface area is 115 Å². The van der Waals surface area contributed by atoms with Gasteiger partial charge in [-0.05, 0) is 17.7 Å². The van der Waals surface area contributed by atoms with Gasteiger partial charge in [-0.25, -0.2) is 4.39 Å². The normalized spacial score (nSPS) is 11.1. The molecule has 1 aromatic heterocycles. The number of halogens is 1. The minimum Gasteiger partial charge on any atom is -0.207 e. The minimum atomic E-state index is -0.267. The Bertz CT molecular complexity index is 717. The third-order valence-corrected chi connectivity index (χ3v) is 2.76. The predicted molar refractivity (Wildman–Crippen MR) is 74.9 cm³/mol. The molecule has 2 aromatic carbocycles. The van der Waals surface area contributed by atoms with Gasteiger partial charge in [-0.2, -0.15) is 9.78 Å². The van der Waals surface area contributed by atoms with Gasteiger partial charge in [0.1, 0.15) is 12.1 Å². The fourth-order valence-electron chi connectivity index (χ4n) is 1.77. The zero-order valence-corrected chi connectivity index (χ0v) is 10.5. The second kappa shape index (κ2) is 5.44. The van der Waals surface area contributed by atoms with Crippen molar-refractivity contribution in [3.63, 3.8) is 0 Å². The molecule has 0 aliphatic carbocycles. The third-order valence-electron chi connectivity index (χ3n) is 2.76. The van der Waals surface area contributed by atoms with Gasteiger partial charge in [-0.1, -0.05) is 42.5 Å². The summed E-state index contributed by atoms with van der Waals surface area (Å²) in [5.41, 5.74) is 1.74. The number of benzene rings is 2. The zero-order valence-electron chi connectivity index (χ0n) is 10.5. The van der Waals surface area contributed by atoms with E-state index in [1.165, 1.54) is 18.5 Å². The maximum atomic E-state index is 12.8. The van der Waals surface area contributed by atoms with E-state index in [0.717, 1.165) is 11.1 Å². The summed E-state index contributed by atoms with van der Waals surface area (Å²) >= 11 is 0. The van der Waals surface area contributed by atoms with E-state index in [1.54, 1.807) is 23.0 Å². The highest BCUT2D eigenvalue weighted by Crippen LogP contribution is 2.15. The van der Waals surface area contributed by atoms with Crippen LogP contribution in [0, 0.1) is 5.82 Å². The molecule has 0 saturated carbocycles. The van der Waals surface area contributed by atoms with Crippen LogP contribution in [0.2, 0.25) is 0 Å². The van der Waals surface area contributed by atoms with Crippen molar-refractivity contribution in [2.24, 2.45) is 5.10 Å². The Balaban J connectivity index is 1.89. The van der Waals surface area contributed by atoms with Gasteiger partial charge in [-0.15, -0.1) is 10.2 Å². The molecule has 20 heavy (non-hydrogen) atoms. The Morgan fingerprint density at radius 1 is 1.00 bits per heavy atom. The van der Waals surface area contributed by atoms with E-state index in [0.29, 0.717) is 5.82 Å². The average molecular weight is 266 g/mol. The van der Waals surface area contributed by atoms with Crippen LogP contribution in [0.3, 0.4) is 0 Å². The minimum absolute atomic E-state index is 0.267. The highest BCUT2D eigenvalue weighted by molar-refractivity contribution is 5.79. The van der Waals surface area contributed by atoms with E-state index in [2.05, 4.69) is 15.3 Å². The van der Waals surface area contributed by atoms with Crippen LogP contribution >= 0.6 is 0 Å². The SMILES string of the molecule is Fc1ccc(/C=N\n2cnnc2-c2ccccc2)cc1. The first kappa shape index (κ1) is 12.2. The molecule has 0 saturated heterocycles. The second-order valence-corrected chi connectivity index (χ2v) is 4.16. The Kier molecular flexibility index (Phi) is 3.33. The van der Waals surface area contributed by atoms with E-state index >= 15 is 0 Å². The Morgan fingerprint density at radius 3 is 2.50 bits per heavy atom. The summed E-state index contributed by atoms with van der Waals surface area (Å²) in [6.07, 6.45) is 3.16. The predicted octanol–water partition coefficient (Wildman–Crippen LogP) is 2.97. The number of hydrogen-bond acceptors (Lipinski definition) is 3. The van der Waals surface area contributed by atoms with Gasteiger partial charge >= 0.3 is 0 Å². The maximum Gasteiger partial charge on any atom is 0.184 e. The van der Waals surface area contributed by atoms with Crippen molar-refractivity contribution in [3.05, 3.63) is 72.3 Å². The first-order valence-corrected chi connectivity index (χ1v) is 6.08. The quantitative estimate of drug-likeness (QED) is 0.684. The average Bonchev–Trinajstić information content (AvgIpc) is 2.96. The van der Waals surface area contributed by atoms with Crippen molar-refractivity contribution < 1.29 is 4.39 Å². The lowest BCUT2D eigenvalue weighted by molar-refractivity contribution is 0.628. The molecular formula is C15H11FN4. The van der Waals surface area contributed by atoms with Crippen LogP contribution in [0.15, 0.2) is 66.0 Å². The molecule has 0 atom stereocenters. The number of rotatable bonds is 3. The molecule has 0 aliphatic heterocycles. The highest BCUT2D eigenvalue weighted by atomic mass is 19.1. The first-order chi connectivity index (χ1) is 9.83. The number of hydrogen-bond donors (Lipinski definition) is 0. The van der Waals surface area contributed by atoms with Crippen molar-refractivity contribution in [1.82, 2.24) is 14.9 Å². The van der Waals surface area contributed by atoms with Crippen LogP contribution in [0.25, 0.3) is 11.4 Å². The van der Waals surface area contributed by atoms with Gasteiger partial charge in [0.15, 0.2) is 5.82 Å². The van der Waals surface area contributed by atoms with Crippen molar-refractivity contribution in [2.75, 3.05) is 0 Å². The molecule has 3 rings (SSSR count). The molecule has 0 amide bonds. The molecular weight excluding hydrogens is 255 g/mol. The standard InChI is InChI=1S/C15H11FN4/c16-14-8-6-12(7-9-14)10-18-20-11-17-19-15(20)13-4-2-1-3-5-13/h1-11H/b18-10-. The van der Waals surface area contributed by atoms with Crippen molar-refractivity contribution in [3.8, 4) is 11.4 Å². The lowest BCUT2D eigenvalue weighted by Crippen LogP contribution is -1.93. The van der Waals surface area contributed by atoms with Crippen LogP contribution in [0.5, 0.6) is 0 Å². The number of nitrogens with zero attached hydrogens (tertiary/aromatic N) is 4. The van der Waals surface area contributed by atoms with Crippen molar-refractivity contribution >= 4 is 6.21 Å². The summed E-state index contributed by atoms with van der Waals surface area (Å²) in [5, 5.41) is 12.2. The molecule has 0 fully saturated rings. The van der Waals surface area contributed by atoms with Gasteiger partial charge in [0.2, 0.25) is 0 Å². The fourth-order valence-corrected chi connectivity index (χ4v) is 1.77. The van der Waals surface area contributed by atoms with E-state index in [1.807, 2.05) is 30.3 Å². The molecule has 0 aliphatic rings. The Morgan fingerprint density at radius 2 is 1.75 bits per heavy atom. The van der Waals surface area contributed by atoms with Gasteiger partial charge in [0.05, 0.1) is 6.21 Å². The molecule has 0 spiro atoms.